The highest BCUT2D eigenvalue weighted by atomic mass is 28.3. The number of ketones is 1. The van der Waals surface area contributed by atoms with Gasteiger partial charge in [-0.2, -0.15) is 5.10 Å². The SMILES string of the molecule is C[Si](C)(C)CCOCn1nc(C(=O)O)c2c1C1CC(C2)C1.O=C1CCC2CC1C2. The van der Waals surface area contributed by atoms with E-state index in [1.54, 1.807) is 0 Å². The largest absolute Gasteiger partial charge is 0.476 e. The Bertz CT molecular complexity index is 783. The van der Waals surface area contributed by atoms with Gasteiger partial charge in [-0.15, -0.1) is 0 Å². The molecule has 0 aliphatic heterocycles. The van der Waals surface area contributed by atoms with Crippen LogP contribution in [0, 0.1) is 17.8 Å². The summed E-state index contributed by atoms with van der Waals surface area (Å²) in [5.41, 5.74) is 2.33. The number of Topliss-reactive ketones (excluding diaryl/α,β-unsaturated/α-hetero) is 1. The predicted molar refractivity (Wildman–Crippen MR) is 113 cm³/mol. The Kier molecular flexibility index (Phi) is 5.72. The van der Waals surface area contributed by atoms with Gasteiger partial charge in [-0.25, -0.2) is 9.48 Å². The summed E-state index contributed by atoms with van der Waals surface area (Å²) >= 11 is 0. The molecule has 0 amide bonds. The van der Waals surface area contributed by atoms with Crippen molar-refractivity contribution in [2.75, 3.05) is 6.61 Å². The molecule has 7 rings (SSSR count). The van der Waals surface area contributed by atoms with Crippen LogP contribution in [-0.4, -0.2) is 41.3 Å². The highest BCUT2D eigenvalue weighted by molar-refractivity contribution is 6.76. The van der Waals surface area contributed by atoms with E-state index in [2.05, 4.69) is 24.7 Å². The Morgan fingerprint density at radius 2 is 1.86 bits per heavy atom. The topological polar surface area (TPSA) is 81.4 Å². The third kappa shape index (κ3) is 4.50. The number of ether oxygens (including phenoxy) is 1. The van der Waals surface area contributed by atoms with Gasteiger partial charge < -0.3 is 9.84 Å². The Hall–Kier alpha value is -1.47. The van der Waals surface area contributed by atoms with E-state index in [-0.39, 0.29) is 5.69 Å². The van der Waals surface area contributed by atoms with Crippen molar-refractivity contribution in [3.63, 3.8) is 0 Å². The molecule has 4 bridgehead atoms. The number of hydrogen-bond acceptors (Lipinski definition) is 4. The van der Waals surface area contributed by atoms with E-state index in [9.17, 15) is 14.7 Å². The summed E-state index contributed by atoms with van der Waals surface area (Å²) in [6, 6.07) is 1.12. The van der Waals surface area contributed by atoms with Crippen molar-refractivity contribution in [3.05, 3.63) is 17.0 Å². The highest BCUT2D eigenvalue weighted by Gasteiger charge is 2.42. The first-order valence-corrected chi connectivity index (χ1v) is 14.9. The van der Waals surface area contributed by atoms with E-state index in [1.165, 1.54) is 32.1 Å². The Balaban J connectivity index is 0.000000211. The molecule has 0 spiro atoms. The molecule has 0 aromatic carbocycles. The maximum atomic E-state index is 11.4. The molecule has 1 aromatic rings. The first kappa shape index (κ1) is 20.8. The fourth-order valence-electron chi connectivity index (χ4n) is 5.17. The van der Waals surface area contributed by atoms with Gasteiger partial charge >= 0.3 is 5.97 Å². The molecule has 6 aliphatic carbocycles. The molecule has 1 heterocycles. The van der Waals surface area contributed by atoms with Crippen molar-refractivity contribution >= 4 is 19.8 Å². The number of rotatable bonds is 6. The minimum absolute atomic E-state index is 0.244. The summed E-state index contributed by atoms with van der Waals surface area (Å²) in [6.45, 7) is 8.09. The molecular formula is C22H34N2O4Si. The van der Waals surface area contributed by atoms with Gasteiger partial charge in [0, 0.05) is 44.2 Å². The molecule has 0 radical (unpaired) electrons. The second-order valence-electron chi connectivity index (χ2n) is 10.6. The number of nitrogens with zero attached hydrogens (tertiary/aromatic N) is 2. The van der Waals surface area contributed by atoms with E-state index in [0.717, 1.165) is 42.7 Å². The van der Waals surface area contributed by atoms with E-state index >= 15 is 0 Å². The first-order valence-electron chi connectivity index (χ1n) is 11.1. The lowest BCUT2D eigenvalue weighted by atomic mass is 9.64. The van der Waals surface area contributed by atoms with Gasteiger partial charge in [0.25, 0.3) is 0 Å². The Morgan fingerprint density at radius 3 is 2.38 bits per heavy atom. The third-order valence-corrected chi connectivity index (χ3v) is 8.82. The molecule has 160 valence electrons. The zero-order valence-electron chi connectivity index (χ0n) is 17.9. The van der Waals surface area contributed by atoms with Crippen molar-refractivity contribution in [3.8, 4) is 0 Å². The van der Waals surface area contributed by atoms with E-state index in [4.69, 9.17) is 4.74 Å². The summed E-state index contributed by atoms with van der Waals surface area (Å²) in [5, 5.41) is 13.6. The predicted octanol–water partition coefficient (Wildman–Crippen LogP) is 4.32. The molecule has 0 unspecified atom stereocenters. The zero-order chi connectivity index (χ0) is 20.8. The zero-order valence-corrected chi connectivity index (χ0v) is 18.9. The van der Waals surface area contributed by atoms with Crippen LogP contribution in [0.4, 0.5) is 0 Å². The smallest absolute Gasteiger partial charge is 0.356 e. The first-order chi connectivity index (χ1) is 13.7. The number of carbonyl (C=O) groups excluding carboxylic acids is 1. The summed E-state index contributed by atoms with van der Waals surface area (Å²) in [6.07, 6.45) is 7.77. The van der Waals surface area contributed by atoms with Gasteiger partial charge in [-0.05, 0) is 56.4 Å². The number of carboxylic acids is 1. The molecular weight excluding hydrogens is 384 g/mol. The van der Waals surface area contributed by atoms with Crippen LogP contribution in [-0.2, 0) is 22.7 Å². The molecule has 4 saturated carbocycles. The van der Waals surface area contributed by atoms with Crippen molar-refractivity contribution < 1.29 is 19.4 Å². The molecule has 7 heteroatoms. The molecule has 0 atom stereocenters. The molecule has 1 N–H and O–H groups in total. The second-order valence-corrected chi connectivity index (χ2v) is 16.3. The summed E-state index contributed by atoms with van der Waals surface area (Å²) in [5.74, 6) is 2.25. The van der Waals surface area contributed by atoms with Crippen LogP contribution >= 0.6 is 0 Å². The lowest BCUT2D eigenvalue weighted by Gasteiger charge is -2.41. The minimum atomic E-state index is -1.09. The molecule has 29 heavy (non-hydrogen) atoms. The quantitative estimate of drug-likeness (QED) is 0.550. The Labute approximate surface area is 174 Å². The van der Waals surface area contributed by atoms with Crippen molar-refractivity contribution in [1.29, 1.82) is 0 Å². The number of aromatic carboxylic acids is 1. The normalized spacial score (nSPS) is 29.1. The molecule has 6 aliphatic rings. The number of hydrogen-bond donors (Lipinski definition) is 1. The second kappa shape index (κ2) is 7.98. The van der Waals surface area contributed by atoms with Gasteiger partial charge in [0.2, 0.25) is 0 Å². The Morgan fingerprint density at radius 1 is 1.17 bits per heavy atom. The van der Waals surface area contributed by atoms with Crippen molar-refractivity contribution in [1.82, 2.24) is 9.78 Å². The lowest BCUT2D eigenvalue weighted by molar-refractivity contribution is -0.131. The molecule has 6 nitrogen and oxygen atoms in total. The van der Waals surface area contributed by atoms with Crippen molar-refractivity contribution in [2.24, 2.45) is 17.8 Å². The number of carboxylic acid groups (broad SMARTS) is 1. The third-order valence-electron chi connectivity index (χ3n) is 7.11. The summed E-state index contributed by atoms with van der Waals surface area (Å²) < 4.78 is 7.57. The highest BCUT2D eigenvalue weighted by Crippen LogP contribution is 2.50. The van der Waals surface area contributed by atoms with Crippen molar-refractivity contribution in [2.45, 2.75) is 83.3 Å². The van der Waals surface area contributed by atoms with Gasteiger partial charge in [0.05, 0.1) is 0 Å². The molecule has 0 saturated heterocycles. The fourth-order valence-corrected chi connectivity index (χ4v) is 5.93. The summed E-state index contributed by atoms with van der Waals surface area (Å²) in [7, 11) is -1.09. The van der Waals surface area contributed by atoms with Gasteiger partial charge in [0.1, 0.15) is 12.5 Å². The standard InChI is InChI=1S/C15H24N2O3Si.C7H10O/c1-21(2,3)5-4-20-9-17-14-11-6-10(7-11)8-12(14)13(16-17)15(18)19;8-7-2-1-5-3-6(7)4-5/h10-11H,4-9H2,1-3H3,(H,18,19);5-6H,1-4H2. The van der Waals surface area contributed by atoms with E-state index in [0.29, 0.717) is 30.3 Å². The fraction of sp³-hybridized carbons (Fsp3) is 0.773. The van der Waals surface area contributed by atoms with Crippen LogP contribution in [0.1, 0.15) is 66.2 Å². The van der Waals surface area contributed by atoms with Gasteiger partial charge in [-0.1, -0.05) is 19.6 Å². The molecule has 4 fully saturated rings. The van der Waals surface area contributed by atoms with E-state index < -0.39 is 14.0 Å². The average Bonchev–Trinajstić information content (AvgIpc) is 2.96. The number of fused-ring (bicyclic) bond motifs is 2. The maximum Gasteiger partial charge on any atom is 0.356 e. The van der Waals surface area contributed by atoms with Crippen LogP contribution in [0.25, 0.3) is 0 Å². The summed E-state index contributed by atoms with van der Waals surface area (Å²) in [4.78, 5) is 22.2. The van der Waals surface area contributed by atoms with Crippen LogP contribution in [0.15, 0.2) is 0 Å². The average molecular weight is 419 g/mol. The number of carbonyl (C=O) groups is 2. The minimum Gasteiger partial charge on any atom is -0.476 e. The lowest BCUT2D eigenvalue weighted by Crippen LogP contribution is -2.36. The monoisotopic (exact) mass is 418 g/mol. The van der Waals surface area contributed by atoms with E-state index in [1.807, 2.05) is 4.68 Å². The van der Waals surface area contributed by atoms with Crippen LogP contribution in [0.2, 0.25) is 25.7 Å². The van der Waals surface area contributed by atoms with Crippen LogP contribution in [0.5, 0.6) is 0 Å². The number of aromatic nitrogens is 2. The molecule has 1 aromatic heterocycles. The van der Waals surface area contributed by atoms with Crippen LogP contribution < -0.4 is 0 Å². The van der Waals surface area contributed by atoms with Gasteiger partial charge in [-0.3, -0.25) is 4.79 Å². The van der Waals surface area contributed by atoms with Crippen LogP contribution in [0.3, 0.4) is 0 Å². The van der Waals surface area contributed by atoms with Gasteiger partial charge in [0.15, 0.2) is 5.69 Å². The maximum absolute atomic E-state index is 11.4.